The molecule has 0 aliphatic carbocycles. The fourth-order valence-corrected chi connectivity index (χ4v) is 2.08. The summed E-state index contributed by atoms with van der Waals surface area (Å²) in [4.78, 5) is 20.5. The van der Waals surface area contributed by atoms with Crippen molar-refractivity contribution in [1.82, 2.24) is 15.3 Å². The van der Waals surface area contributed by atoms with Gasteiger partial charge in [-0.1, -0.05) is 23.2 Å². The van der Waals surface area contributed by atoms with Gasteiger partial charge in [0.05, 0.1) is 10.0 Å². The highest BCUT2D eigenvalue weighted by molar-refractivity contribution is 6.42. The number of rotatable bonds is 4. The van der Waals surface area contributed by atoms with Crippen molar-refractivity contribution in [2.75, 3.05) is 5.32 Å². The molecule has 1 aromatic heterocycles. The first kappa shape index (κ1) is 16.5. The molecule has 0 spiro atoms. The molecular weight excluding hydrogens is 323 g/mol. The van der Waals surface area contributed by atoms with Gasteiger partial charge in [0.1, 0.15) is 5.69 Å². The van der Waals surface area contributed by atoms with Crippen molar-refractivity contribution in [2.45, 2.75) is 26.8 Å². The predicted octanol–water partition coefficient (Wildman–Crippen LogP) is 3.97. The highest BCUT2D eigenvalue weighted by Crippen LogP contribution is 2.26. The molecule has 0 bridgehead atoms. The lowest BCUT2D eigenvalue weighted by Crippen LogP contribution is -2.31. The van der Waals surface area contributed by atoms with E-state index in [1.54, 1.807) is 31.2 Å². The molecule has 0 fully saturated rings. The second-order valence-corrected chi connectivity index (χ2v) is 5.91. The molecule has 5 nitrogen and oxygen atoms in total. The first-order valence-corrected chi connectivity index (χ1v) is 7.49. The zero-order chi connectivity index (χ0) is 16.3. The summed E-state index contributed by atoms with van der Waals surface area (Å²) in [5.74, 6) is 0.0879. The molecule has 2 rings (SSSR count). The van der Waals surface area contributed by atoms with Gasteiger partial charge >= 0.3 is 0 Å². The van der Waals surface area contributed by atoms with Crippen LogP contribution < -0.4 is 10.6 Å². The lowest BCUT2D eigenvalue weighted by atomic mass is 10.3. The maximum atomic E-state index is 12.0. The Bertz CT molecular complexity index is 704. The highest BCUT2D eigenvalue weighted by atomic mass is 35.5. The van der Waals surface area contributed by atoms with E-state index in [1.165, 1.54) is 0 Å². The number of aryl methyl sites for hydroxylation is 1. The third-order valence-corrected chi connectivity index (χ3v) is 3.42. The van der Waals surface area contributed by atoms with Crippen LogP contribution in [0.4, 0.5) is 11.6 Å². The zero-order valence-electron chi connectivity index (χ0n) is 12.4. The topological polar surface area (TPSA) is 66.9 Å². The number of benzene rings is 1. The van der Waals surface area contributed by atoms with Gasteiger partial charge in [0.15, 0.2) is 0 Å². The number of hydrogen-bond donors (Lipinski definition) is 2. The molecule has 2 aromatic rings. The van der Waals surface area contributed by atoms with Gasteiger partial charge in [0.2, 0.25) is 5.95 Å². The molecule has 1 heterocycles. The van der Waals surface area contributed by atoms with Gasteiger partial charge in [-0.05, 0) is 45.0 Å². The summed E-state index contributed by atoms with van der Waals surface area (Å²) in [5, 5.41) is 6.71. The summed E-state index contributed by atoms with van der Waals surface area (Å²) in [6.07, 6.45) is 0. The van der Waals surface area contributed by atoms with E-state index in [-0.39, 0.29) is 11.9 Å². The molecular formula is C15H16Cl2N4O. The lowest BCUT2D eigenvalue weighted by Gasteiger charge is -2.11. The standard InChI is InChI=1S/C15H16Cl2N4O/c1-8(2)18-14(22)13-6-9(3)19-15(21-13)20-10-4-5-11(16)12(17)7-10/h4-8H,1-3H3,(H,18,22)(H,19,20,21). The summed E-state index contributed by atoms with van der Waals surface area (Å²) in [7, 11) is 0. The number of nitrogens with one attached hydrogen (secondary N) is 2. The fourth-order valence-electron chi connectivity index (χ4n) is 1.78. The van der Waals surface area contributed by atoms with Crippen LogP contribution in [0.25, 0.3) is 0 Å². The quantitative estimate of drug-likeness (QED) is 0.884. The van der Waals surface area contributed by atoms with Crippen molar-refractivity contribution in [3.63, 3.8) is 0 Å². The van der Waals surface area contributed by atoms with E-state index in [9.17, 15) is 4.79 Å². The molecule has 7 heteroatoms. The summed E-state index contributed by atoms with van der Waals surface area (Å²) in [6, 6.07) is 6.78. The Balaban J connectivity index is 2.26. The molecule has 0 saturated heterocycles. The third-order valence-electron chi connectivity index (χ3n) is 2.68. The van der Waals surface area contributed by atoms with Crippen molar-refractivity contribution in [3.05, 3.63) is 45.7 Å². The van der Waals surface area contributed by atoms with Crippen LogP contribution in [0, 0.1) is 6.92 Å². The van der Waals surface area contributed by atoms with Crippen LogP contribution in [-0.2, 0) is 0 Å². The molecule has 1 amide bonds. The highest BCUT2D eigenvalue weighted by Gasteiger charge is 2.12. The van der Waals surface area contributed by atoms with Gasteiger partial charge in [0.25, 0.3) is 5.91 Å². The molecule has 0 radical (unpaired) electrons. The molecule has 0 aliphatic heterocycles. The van der Waals surface area contributed by atoms with Crippen molar-refractivity contribution in [3.8, 4) is 0 Å². The average Bonchev–Trinajstić information content (AvgIpc) is 2.41. The van der Waals surface area contributed by atoms with Crippen LogP contribution in [0.1, 0.15) is 30.0 Å². The van der Waals surface area contributed by atoms with E-state index in [2.05, 4.69) is 20.6 Å². The SMILES string of the molecule is Cc1cc(C(=O)NC(C)C)nc(Nc2ccc(Cl)c(Cl)c2)n1. The van der Waals surface area contributed by atoms with Crippen LogP contribution in [0.15, 0.2) is 24.3 Å². The minimum absolute atomic E-state index is 0.0363. The van der Waals surface area contributed by atoms with E-state index in [0.29, 0.717) is 33.1 Å². The van der Waals surface area contributed by atoms with Crippen LogP contribution in [0.2, 0.25) is 10.0 Å². The second kappa shape index (κ2) is 6.94. The van der Waals surface area contributed by atoms with E-state index >= 15 is 0 Å². The number of anilines is 2. The fraction of sp³-hybridized carbons (Fsp3) is 0.267. The number of amides is 1. The number of carbonyl (C=O) groups is 1. The summed E-state index contributed by atoms with van der Waals surface area (Å²) in [5.41, 5.74) is 1.69. The monoisotopic (exact) mass is 338 g/mol. The molecule has 116 valence electrons. The zero-order valence-corrected chi connectivity index (χ0v) is 14.0. The van der Waals surface area contributed by atoms with Gasteiger partial charge in [0, 0.05) is 17.4 Å². The van der Waals surface area contributed by atoms with Crippen LogP contribution in [0.3, 0.4) is 0 Å². The molecule has 0 aliphatic rings. The Hall–Kier alpha value is -1.85. The maximum absolute atomic E-state index is 12.0. The average molecular weight is 339 g/mol. The van der Waals surface area contributed by atoms with Crippen LogP contribution in [0.5, 0.6) is 0 Å². The van der Waals surface area contributed by atoms with Gasteiger partial charge in [-0.2, -0.15) is 0 Å². The number of carbonyl (C=O) groups excluding carboxylic acids is 1. The summed E-state index contributed by atoms with van der Waals surface area (Å²) in [6.45, 7) is 5.58. The summed E-state index contributed by atoms with van der Waals surface area (Å²) < 4.78 is 0. The minimum Gasteiger partial charge on any atom is -0.349 e. The summed E-state index contributed by atoms with van der Waals surface area (Å²) >= 11 is 11.9. The Kier molecular flexibility index (Phi) is 5.21. The van der Waals surface area contributed by atoms with E-state index in [0.717, 1.165) is 0 Å². The van der Waals surface area contributed by atoms with E-state index < -0.39 is 0 Å². The number of aromatic nitrogens is 2. The van der Waals surface area contributed by atoms with Gasteiger partial charge in [-0.15, -0.1) is 0 Å². The van der Waals surface area contributed by atoms with Crippen LogP contribution in [-0.4, -0.2) is 21.9 Å². The van der Waals surface area contributed by atoms with Crippen LogP contribution >= 0.6 is 23.2 Å². The van der Waals surface area contributed by atoms with E-state index in [1.807, 2.05) is 13.8 Å². The number of hydrogen-bond acceptors (Lipinski definition) is 4. The minimum atomic E-state index is -0.238. The normalized spacial score (nSPS) is 10.6. The van der Waals surface area contributed by atoms with Crippen molar-refractivity contribution < 1.29 is 4.79 Å². The second-order valence-electron chi connectivity index (χ2n) is 5.10. The molecule has 0 unspecified atom stereocenters. The van der Waals surface area contributed by atoms with Crippen molar-refractivity contribution in [1.29, 1.82) is 0 Å². The van der Waals surface area contributed by atoms with Gasteiger partial charge < -0.3 is 10.6 Å². The Morgan fingerprint density at radius 3 is 2.50 bits per heavy atom. The van der Waals surface area contributed by atoms with Gasteiger partial charge in [-0.3, -0.25) is 4.79 Å². The van der Waals surface area contributed by atoms with Crippen molar-refractivity contribution in [2.24, 2.45) is 0 Å². The third kappa shape index (κ3) is 4.32. The molecule has 2 N–H and O–H groups in total. The molecule has 22 heavy (non-hydrogen) atoms. The maximum Gasteiger partial charge on any atom is 0.270 e. The van der Waals surface area contributed by atoms with E-state index in [4.69, 9.17) is 23.2 Å². The van der Waals surface area contributed by atoms with Gasteiger partial charge in [-0.25, -0.2) is 9.97 Å². The first-order chi connectivity index (χ1) is 10.3. The largest absolute Gasteiger partial charge is 0.349 e. The Labute approximate surface area is 139 Å². The molecule has 1 aromatic carbocycles. The van der Waals surface area contributed by atoms with Crippen molar-refractivity contribution >= 4 is 40.7 Å². The number of nitrogens with zero attached hydrogens (tertiary/aromatic N) is 2. The lowest BCUT2D eigenvalue weighted by molar-refractivity contribution is 0.0938. The first-order valence-electron chi connectivity index (χ1n) is 6.74. The predicted molar refractivity (Wildman–Crippen MR) is 89.1 cm³/mol. The number of halogens is 2. The molecule has 0 atom stereocenters. The molecule has 0 saturated carbocycles. The Morgan fingerprint density at radius 1 is 1.14 bits per heavy atom. The smallest absolute Gasteiger partial charge is 0.270 e. The Morgan fingerprint density at radius 2 is 1.86 bits per heavy atom.